The predicted octanol–water partition coefficient (Wildman–Crippen LogP) is 2.04. The summed E-state index contributed by atoms with van der Waals surface area (Å²) in [7, 11) is -4.14. The molecule has 0 aliphatic carbocycles. The van der Waals surface area contributed by atoms with E-state index in [0.717, 1.165) is 16.7 Å². The minimum atomic E-state index is -4.14. The van der Waals surface area contributed by atoms with Crippen molar-refractivity contribution in [3.63, 3.8) is 0 Å². The molecule has 0 saturated heterocycles. The van der Waals surface area contributed by atoms with Crippen molar-refractivity contribution >= 4 is 26.0 Å². The molecule has 2 N–H and O–H groups in total. The summed E-state index contributed by atoms with van der Waals surface area (Å²) in [5.41, 5.74) is -0.450. The second kappa shape index (κ2) is 5.78. The van der Waals surface area contributed by atoms with Crippen molar-refractivity contribution in [2.75, 3.05) is 0 Å². The summed E-state index contributed by atoms with van der Waals surface area (Å²) in [4.78, 5) is 0. The van der Waals surface area contributed by atoms with E-state index in [1.807, 2.05) is 0 Å². The first kappa shape index (κ1) is 16.0. The van der Waals surface area contributed by atoms with Crippen molar-refractivity contribution < 1.29 is 17.2 Å². The number of nitrogens with two attached hydrogens (primary N) is 1. The number of rotatable bonds is 4. The van der Waals surface area contributed by atoms with Crippen LogP contribution in [0.15, 0.2) is 21.8 Å². The monoisotopic (exact) mass is 380 g/mol. The number of nitrogens with zero attached hydrogens (tertiary/aromatic N) is 3. The summed E-state index contributed by atoms with van der Waals surface area (Å²) in [6.45, 7) is 1.92. The topological polar surface area (TPSA) is 90.9 Å². The smallest absolute Gasteiger partial charge is 0.273 e. The Morgan fingerprint density at radius 1 is 1.29 bits per heavy atom. The fraction of sp³-hybridized carbons (Fsp3) is 0.273. The Bertz CT molecular complexity index is 769. The summed E-state index contributed by atoms with van der Waals surface area (Å²) < 4.78 is 52.2. The highest BCUT2D eigenvalue weighted by Crippen LogP contribution is 2.29. The van der Waals surface area contributed by atoms with Gasteiger partial charge >= 0.3 is 0 Å². The van der Waals surface area contributed by atoms with Gasteiger partial charge in [0.05, 0.1) is 5.56 Å². The lowest BCUT2D eigenvalue weighted by Gasteiger charge is -2.09. The molecule has 1 aromatic heterocycles. The number of sulfonamides is 1. The van der Waals surface area contributed by atoms with E-state index in [0.29, 0.717) is 6.42 Å². The van der Waals surface area contributed by atoms with Gasteiger partial charge in [-0.3, -0.25) is 4.57 Å². The van der Waals surface area contributed by atoms with Gasteiger partial charge in [-0.1, -0.05) is 22.9 Å². The van der Waals surface area contributed by atoms with Crippen molar-refractivity contribution in [3.05, 3.63) is 28.2 Å². The minimum absolute atomic E-state index is 0.156. The van der Waals surface area contributed by atoms with Crippen LogP contribution < -0.4 is 5.14 Å². The molecule has 10 heteroatoms. The second-order valence-corrected chi connectivity index (χ2v) is 6.62. The number of hydrogen-bond acceptors (Lipinski definition) is 4. The Hall–Kier alpha value is -1.39. The van der Waals surface area contributed by atoms with E-state index in [-0.39, 0.29) is 16.8 Å². The van der Waals surface area contributed by atoms with E-state index in [2.05, 4.69) is 26.1 Å². The zero-order chi connectivity index (χ0) is 15.8. The first-order valence-electron chi connectivity index (χ1n) is 5.86. The maximum absolute atomic E-state index is 14.0. The highest BCUT2D eigenvalue weighted by Gasteiger charge is 2.25. The molecule has 0 aliphatic rings. The minimum Gasteiger partial charge on any atom is -0.297 e. The third-order valence-electron chi connectivity index (χ3n) is 2.65. The number of benzene rings is 1. The number of halogens is 3. The molecule has 6 nitrogen and oxygen atoms in total. The Labute approximate surface area is 128 Å². The summed E-state index contributed by atoms with van der Waals surface area (Å²) in [5.74, 6) is -1.98. The fourth-order valence-corrected chi connectivity index (χ4v) is 2.91. The summed E-state index contributed by atoms with van der Waals surface area (Å²) in [6.07, 6.45) is 0.507. The first-order chi connectivity index (χ1) is 9.75. The van der Waals surface area contributed by atoms with Crippen LogP contribution in [-0.4, -0.2) is 23.2 Å². The van der Waals surface area contributed by atoms with Crippen molar-refractivity contribution in [1.82, 2.24) is 14.8 Å². The molecule has 0 unspecified atom stereocenters. The molecule has 0 saturated carbocycles. The zero-order valence-corrected chi connectivity index (χ0v) is 13.2. The molecular formula is C11H11BrF2N4O2S. The van der Waals surface area contributed by atoms with Crippen LogP contribution in [0.3, 0.4) is 0 Å². The third kappa shape index (κ3) is 3.11. The lowest BCUT2D eigenvalue weighted by Crippen LogP contribution is -2.19. The van der Waals surface area contributed by atoms with Gasteiger partial charge in [-0.05, 0) is 18.6 Å². The first-order valence-corrected chi connectivity index (χ1v) is 8.20. The van der Waals surface area contributed by atoms with Gasteiger partial charge in [0.1, 0.15) is 11.6 Å². The zero-order valence-electron chi connectivity index (χ0n) is 10.8. The maximum Gasteiger partial charge on any atom is 0.273 e. The van der Waals surface area contributed by atoms with Crippen LogP contribution in [0.4, 0.5) is 8.78 Å². The molecule has 2 rings (SSSR count). The molecule has 21 heavy (non-hydrogen) atoms. The number of primary sulfonamides is 1. The Morgan fingerprint density at radius 2 is 1.86 bits per heavy atom. The highest BCUT2D eigenvalue weighted by molar-refractivity contribution is 9.10. The summed E-state index contributed by atoms with van der Waals surface area (Å²) in [5, 5.41) is 11.5. The van der Waals surface area contributed by atoms with E-state index in [4.69, 9.17) is 5.14 Å². The molecule has 0 radical (unpaired) electrons. The molecule has 0 bridgehead atoms. The van der Waals surface area contributed by atoms with Crippen molar-refractivity contribution in [3.8, 4) is 11.4 Å². The van der Waals surface area contributed by atoms with Gasteiger partial charge in [0.15, 0.2) is 5.82 Å². The van der Waals surface area contributed by atoms with E-state index in [9.17, 15) is 17.2 Å². The van der Waals surface area contributed by atoms with E-state index in [1.54, 1.807) is 6.92 Å². The van der Waals surface area contributed by atoms with Gasteiger partial charge in [-0.2, -0.15) is 0 Å². The van der Waals surface area contributed by atoms with Crippen LogP contribution in [0, 0.1) is 11.6 Å². The highest BCUT2D eigenvalue weighted by atomic mass is 79.9. The Kier molecular flexibility index (Phi) is 4.40. The van der Waals surface area contributed by atoms with Crippen molar-refractivity contribution in [2.24, 2.45) is 5.14 Å². The molecule has 2 aromatic rings. The quantitative estimate of drug-likeness (QED) is 0.878. The molecule has 114 valence electrons. The van der Waals surface area contributed by atoms with E-state index >= 15 is 0 Å². The van der Waals surface area contributed by atoms with Crippen molar-refractivity contribution in [2.45, 2.75) is 25.0 Å². The van der Waals surface area contributed by atoms with Gasteiger partial charge in [-0.15, -0.1) is 10.2 Å². The van der Waals surface area contributed by atoms with Gasteiger partial charge in [0.2, 0.25) is 0 Å². The average Bonchev–Trinajstić information content (AvgIpc) is 2.72. The molecule has 0 amide bonds. The van der Waals surface area contributed by atoms with Gasteiger partial charge in [0, 0.05) is 11.0 Å². The van der Waals surface area contributed by atoms with Crippen LogP contribution in [-0.2, 0) is 16.6 Å². The van der Waals surface area contributed by atoms with Gasteiger partial charge < -0.3 is 0 Å². The Balaban J connectivity index is 2.74. The average molecular weight is 381 g/mol. The van der Waals surface area contributed by atoms with Crippen LogP contribution in [0.25, 0.3) is 11.4 Å². The third-order valence-corrected chi connectivity index (χ3v) is 3.92. The Morgan fingerprint density at radius 3 is 2.33 bits per heavy atom. The largest absolute Gasteiger partial charge is 0.297 e. The van der Waals surface area contributed by atoms with Crippen LogP contribution in [0.2, 0.25) is 0 Å². The summed E-state index contributed by atoms with van der Waals surface area (Å²) >= 11 is 2.97. The molecule has 1 aromatic carbocycles. The normalized spacial score (nSPS) is 11.9. The lowest BCUT2D eigenvalue weighted by molar-refractivity contribution is 0.553. The van der Waals surface area contributed by atoms with Crippen LogP contribution in [0.5, 0.6) is 0 Å². The molecular weight excluding hydrogens is 370 g/mol. The van der Waals surface area contributed by atoms with Gasteiger partial charge in [0.25, 0.3) is 15.2 Å². The SMILES string of the molecule is CCCn1c(-c2c(F)cc(Br)cc2F)nnc1S(N)(=O)=O. The molecule has 0 spiro atoms. The number of hydrogen-bond donors (Lipinski definition) is 1. The standard InChI is InChI=1S/C11H11BrF2N4O2S/c1-2-3-18-10(16-17-11(18)21(15,19)20)9-7(13)4-6(12)5-8(9)14/h4-5H,2-3H2,1H3,(H2,15,19,20). The molecule has 1 heterocycles. The summed E-state index contributed by atoms with van der Waals surface area (Å²) in [6, 6.07) is 2.11. The second-order valence-electron chi connectivity index (χ2n) is 4.25. The van der Waals surface area contributed by atoms with Crippen LogP contribution >= 0.6 is 15.9 Å². The lowest BCUT2D eigenvalue weighted by atomic mass is 10.2. The van der Waals surface area contributed by atoms with E-state index in [1.165, 1.54) is 0 Å². The molecule has 0 fully saturated rings. The predicted molar refractivity (Wildman–Crippen MR) is 74.7 cm³/mol. The van der Waals surface area contributed by atoms with Crippen molar-refractivity contribution in [1.29, 1.82) is 0 Å². The maximum atomic E-state index is 14.0. The van der Waals surface area contributed by atoms with E-state index < -0.39 is 32.4 Å². The molecule has 0 atom stereocenters. The van der Waals surface area contributed by atoms with Crippen LogP contribution in [0.1, 0.15) is 13.3 Å². The fourth-order valence-electron chi connectivity index (χ4n) is 1.87. The molecule has 0 aliphatic heterocycles. The van der Waals surface area contributed by atoms with Gasteiger partial charge in [-0.25, -0.2) is 22.3 Å². The number of aromatic nitrogens is 3.